The van der Waals surface area contributed by atoms with Crippen LogP contribution in [0, 0.1) is 0 Å². The van der Waals surface area contributed by atoms with Gasteiger partial charge in [-0.05, 0) is 36.6 Å². The highest BCUT2D eigenvalue weighted by atomic mass is 32.1. The van der Waals surface area contributed by atoms with E-state index in [2.05, 4.69) is 17.6 Å². The van der Waals surface area contributed by atoms with Gasteiger partial charge in [0.25, 0.3) is 0 Å². The first-order valence-electron chi connectivity index (χ1n) is 9.29. The van der Waals surface area contributed by atoms with Crippen LogP contribution in [0.5, 0.6) is 5.75 Å². The molecular formula is C22H25N3O2S. The molecule has 28 heavy (non-hydrogen) atoms. The van der Waals surface area contributed by atoms with E-state index in [1.165, 1.54) is 0 Å². The molecule has 0 saturated heterocycles. The molecule has 1 unspecified atom stereocenters. The minimum atomic E-state index is -0.184. The summed E-state index contributed by atoms with van der Waals surface area (Å²) in [5.74, 6) is 0.661. The van der Waals surface area contributed by atoms with E-state index < -0.39 is 0 Å². The molecule has 2 aromatic carbocycles. The molecule has 1 heterocycles. The summed E-state index contributed by atoms with van der Waals surface area (Å²) in [6.07, 6.45) is 1.79. The van der Waals surface area contributed by atoms with Crippen molar-refractivity contribution in [3.8, 4) is 5.75 Å². The predicted octanol–water partition coefficient (Wildman–Crippen LogP) is 3.94. The third kappa shape index (κ3) is 5.10. The Bertz CT molecular complexity index is 922. The molecule has 3 N–H and O–H groups in total. The van der Waals surface area contributed by atoms with Crippen LogP contribution in [0.15, 0.2) is 53.9 Å². The van der Waals surface area contributed by atoms with E-state index in [0.717, 1.165) is 39.7 Å². The van der Waals surface area contributed by atoms with Crippen LogP contribution in [0.4, 0.5) is 5.69 Å². The SMILES string of the molecule is CCc1csc(C(Cc2ccc(N)cc2)NC(=O)Cc2ccccc2OC)n1. The maximum Gasteiger partial charge on any atom is 0.225 e. The van der Waals surface area contributed by atoms with E-state index in [1.807, 2.05) is 48.5 Å². The number of thiazole rings is 1. The number of nitrogens with two attached hydrogens (primary N) is 1. The molecular weight excluding hydrogens is 370 g/mol. The lowest BCUT2D eigenvalue weighted by molar-refractivity contribution is -0.121. The number of carbonyl (C=O) groups is 1. The molecule has 3 rings (SSSR count). The number of aromatic nitrogens is 1. The third-order valence-corrected chi connectivity index (χ3v) is 5.54. The van der Waals surface area contributed by atoms with Crippen molar-refractivity contribution in [3.05, 3.63) is 75.7 Å². The van der Waals surface area contributed by atoms with Gasteiger partial charge < -0.3 is 15.8 Å². The number of ether oxygens (including phenoxy) is 1. The first kappa shape index (κ1) is 19.9. The number of nitrogen functional groups attached to an aromatic ring is 1. The highest BCUT2D eigenvalue weighted by molar-refractivity contribution is 7.09. The Kier molecular flexibility index (Phi) is 6.66. The van der Waals surface area contributed by atoms with Crippen molar-refractivity contribution in [3.63, 3.8) is 0 Å². The number of carbonyl (C=O) groups excluding carboxylic acids is 1. The highest BCUT2D eigenvalue weighted by Gasteiger charge is 2.20. The number of anilines is 1. The number of methoxy groups -OCH3 is 1. The van der Waals surface area contributed by atoms with Gasteiger partial charge in [-0.2, -0.15) is 0 Å². The summed E-state index contributed by atoms with van der Waals surface area (Å²) in [4.78, 5) is 17.5. The lowest BCUT2D eigenvalue weighted by atomic mass is 10.0. The minimum Gasteiger partial charge on any atom is -0.496 e. The summed E-state index contributed by atoms with van der Waals surface area (Å²) >= 11 is 1.59. The van der Waals surface area contributed by atoms with Crippen molar-refractivity contribution in [1.82, 2.24) is 10.3 Å². The van der Waals surface area contributed by atoms with E-state index >= 15 is 0 Å². The average Bonchev–Trinajstić information content (AvgIpc) is 3.19. The second-order valence-corrected chi connectivity index (χ2v) is 7.47. The van der Waals surface area contributed by atoms with Gasteiger partial charge in [-0.25, -0.2) is 4.98 Å². The minimum absolute atomic E-state index is 0.0572. The molecule has 0 aliphatic rings. The van der Waals surface area contributed by atoms with Gasteiger partial charge >= 0.3 is 0 Å². The maximum atomic E-state index is 12.8. The van der Waals surface area contributed by atoms with Crippen LogP contribution in [0.3, 0.4) is 0 Å². The lowest BCUT2D eigenvalue weighted by Gasteiger charge is -2.17. The summed E-state index contributed by atoms with van der Waals surface area (Å²) in [6, 6.07) is 15.1. The van der Waals surface area contributed by atoms with Gasteiger partial charge in [0.05, 0.1) is 25.3 Å². The molecule has 0 spiro atoms. The molecule has 1 atom stereocenters. The Morgan fingerprint density at radius 2 is 1.96 bits per heavy atom. The fourth-order valence-corrected chi connectivity index (χ4v) is 3.95. The molecule has 0 aliphatic carbocycles. The number of nitrogens with zero attached hydrogens (tertiary/aromatic N) is 1. The molecule has 0 fully saturated rings. The summed E-state index contributed by atoms with van der Waals surface area (Å²) in [5, 5.41) is 6.13. The Labute approximate surface area is 169 Å². The molecule has 146 valence electrons. The van der Waals surface area contributed by atoms with Crippen LogP contribution in [-0.4, -0.2) is 18.0 Å². The van der Waals surface area contributed by atoms with Crippen molar-refractivity contribution < 1.29 is 9.53 Å². The van der Waals surface area contributed by atoms with Crippen LogP contribution < -0.4 is 15.8 Å². The number of amides is 1. The zero-order valence-electron chi connectivity index (χ0n) is 16.1. The normalized spacial score (nSPS) is 11.8. The van der Waals surface area contributed by atoms with Gasteiger partial charge in [0.15, 0.2) is 0 Å². The number of aryl methyl sites for hydroxylation is 1. The molecule has 0 bridgehead atoms. The fraction of sp³-hybridized carbons (Fsp3) is 0.273. The molecule has 5 nitrogen and oxygen atoms in total. The van der Waals surface area contributed by atoms with E-state index in [4.69, 9.17) is 15.5 Å². The number of nitrogens with one attached hydrogen (secondary N) is 1. The first-order valence-corrected chi connectivity index (χ1v) is 10.2. The van der Waals surface area contributed by atoms with Gasteiger partial charge in [-0.1, -0.05) is 37.3 Å². The Morgan fingerprint density at radius 3 is 2.64 bits per heavy atom. The predicted molar refractivity (Wildman–Crippen MR) is 114 cm³/mol. The van der Waals surface area contributed by atoms with E-state index in [9.17, 15) is 4.79 Å². The summed E-state index contributed by atoms with van der Waals surface area (Å²) in [6.45, 7) is 2.08. The van der Waals surface area contributed by atoms with Crippen LogP contribution in [-0.2, 0) is 24.1 Å². The van der Waals surface area contributed by atoms with Crippen LogP contribution >= 0.6 is 11.3 Å². The molecule has 1 amide bonds. The average molecular weight is 396 g/mol. The second kappa shape index (κ2) is 9.37. The van der Waals surface area contributed by atoms with Crippen molar-refractivity contribution in [2.24, 2.45) is 0 Å². The zero-order chi connectivity index (χ0) is 19.9. The van der Waals surface area contributed by atoms with Gasteiger partial charge in [-0.15, -0.1) is 11.3 Å². The number of para-hydroxylation sites is 1. The van der Waals surface area contributed by atoms with Crippen molar-refractivity contribution >= 4 is 22.9 Å². The van der Waals surface area contributed by atoms with E-state index in [1.54, 1.807) is 18.4 Å². The Hall–Kier alpha value is -2.86. The summed E-state index contributed by atoms with van der Waals surface area (Å²) in [7, 11) is 1.61. The quantitative estimate of drug-likeness (QED) is 0.567. The van der Waals surface area contributed by atoms with Crippen molar-refractivity contribution in [2.45, 2.75) is 32.2 Å². The van der Waals surface area contributed by atoms with Crippen molar-refractivity contribution in [1.29, 1.82) is 0 Å². The number of benzene rings is 2. The zero-order valence-corrected chi connectivity index (χ0v) is 17.0. The molecule has 1 aromatic heterocycles. The van der Waals surface area contributed by atoms with E-state index in [0.29, 0.717) is 6.42 Å². The highest BCUT2D eigenvalue weighted by Crippen LogP contribution is 2.24. The second-order valence-electron chi connectivity index (χ2n) is 6.59. The number of hydrogen-bond acceptors (Lipinski definition) is 5. The Morgan fingerprint density at radius 1 is 1.21 bits per heavy atom. The maximum absolute atomic E-state index is 12.8. The topological polar surface area (TPSA) is 77.2 Å². The first-order chi connectivity index (χ1) is 13.6. The fourth-order valence-electron chi connectivity index (χ4n) is 3.00. The van der Waals surface area contributed by atoms with E-state index in [-0.39, 0.29) is 18.4 Å². The van der Waals surface area contributed by atoms with Gasteiger partial charge in [0, 0.05) is 16.6 Å². The van der Waals surface area contributed by atoms with Crippen LogP contribution in [0.25, 0.3) is 0 Å². The van der Waals surface area contributed by atoms with Crippen LogP contribution in [0.1, 0.15) is 34.8 Å². The summed E-state index contributed by atoms with van der Waals surface area (Å²) in [5.41, 5.74) is 9.52. The Balaban J connectivity index is 1.77. The number of hydrogen-bond donors (Lipinski definition) is 2. The molecule has 6 heteroatoms. The monoisotopic (exact) mass is 395 g/mol. The third-order valence-electron chi connectivity index (χ3n) is 4.53. The molecule has 0 aliphatic heterocycles. The molecule has 0 saturated carbocycles. The van der Waals surface area contributed by atoms with Crippen molar-refractivity contribution in [2.75, 3.05) is 12.8 Å². The van der Waals surface area contributed by atoms with Gasteiger partial charge in [-0.3, -0.25) is 4.79 Å². The molecule has 0 radical (unpaired) electrons. The van der Waals surface area contributed by atoms with Gasteiger partial charge in [0.2, 0.25) is 5.91 Å². The standard InChI is InChI=1S/C22H25N3O2S/c1-3-18-14-28-22(24-18)19(12-15-8-10-17(23)11-9-15)25-21(26)13-16-6-4-5-7-20(16)27-2/h4-11,14,19H,3,12-13,23H2,1-2H3,(H,25,26). The summed E-state index contributed by atoms with van der Waals surface area (Å²) < 4.78 is 5.36. The van der Waals surface area contributed by atoms with Crippen LogP contribution in [0.2, 0.25) is 0 Å². The van der Waals surface area contributed by atoms with Gasteiger partial charge in [0.1, 0.15) is 10.8 Å². The lowest BCUT2D eigenvalue weighted by Crippen LogP contribution is -2.31. The smallest absolute Gasteiger partial charge is 0.225 e. The number of rotatable bonds is 8. The molecule has 3 aromatic rings. The largest absolute Gasteiger partial charge is 0.496 e.